The van der Waals surface area contributed by atoms with Crippen LogP contribution in [0.2, 0.25) is 5.02 Å². The first kappa shape index (κ1) is 26.8. The lowest BCUT2D eigenvalue weighted by molar-refractivity contribution is -0.135. The van der Waals surface area contributed by atoms with Crippen LogP contribution in [-0.2, 0) is 11.2 Å². The van der Waals surface area contributed by atoms with Crippen LogP contribution < -0.4 is 14.8 Å². The lowest BCUT2D eigenvalue weighted by Gasteiger charge is -2.38. The average molecular weight is 542 g/mol. The number of hydrogen-bond acceptors (Lipinski definition) is 5. The van der Waals surface area contributed by atoms with Gasteiger partial charge in [-0.3, -0.25) is 4.79 Å². The van der Waals surface area contributed by atoms with Crippen LogP contribution in [0.3, 0.4) is 0 Å². The average Bonchev–Trinajstić information content (AvgIpc) is 3.39. The van der Waals surface area contributed by atoms with Gasteiger partial charge >= 0.3 is 6.03 Å². The molecule has 196 valence electrons. The number of carbonyl (C=O) groups excluding carboxylic acids is 2. The number of nitrogens with one attached hydrogen (secondary N) is 1. The Balaban J connectivity index is 1.51. The molecule has 7 nitrogen and oxygen atoms in total. The second kappa shape index (κ2) is 12.3. The number of nitrogens with zero attached hydrogens (tertiary/aromatic N) is 2. The molecule has 0 unspecified atom stereocenters. The molecule has 2 heterocycles. The van der Waals surface area contributed by atoms with Crippen molar-refractivity contribution in [3.8, 4) is 11.5 Å². The van der Waals surface area contributed by atoms with Gasteiger partial charge in [-0.15, -0.1) is 11.3 Å². The third-order valence-electron chi connectivity index (χ3n) is 6.63. The summed E-state index contributed by atoms with van der Waals surface area (Å²) in [5.74, 6) is 1.27. The van der Waals surface area contributed by atoms with E-state index < -0.39 is 0 Å². The summed E-state index contributed by atoms with van der Waals surface area (Å²) >= 11 is 7.78. The van der Waals surface area contributed by atoms with E-state index in [9.17, 15) is 9.59 Å². The van der Waals surface area contributed by atoms with Crippen LogP contribution in [0.5, 0.6) is 11.5 Å². The molecule has 2 atom stereocenters. The summed E-state index contributed by atoms with van der Waals surface area (Å²) in [5, 5.41) is 5.47. The number of fused-ring (bicyclic) bond motifs is 1. The summed E-state index contributed by atoms with van der Waals surface area (Å²) < 4.78 is 11.4. The van der Waals surface area contributed by atoms with Crippen molar-refractivity contribution in [2.75, 3.05) is 32.1 Å². The molecule has 3 aromatic rings. The van der Waals surface area contributed by atoms with E-state index in [0.717, 1.165) is 12.0 Å². The SMILES string of the molecule is CC[C@H](C)N(CC(=O)N1CCc2sccc2[C@H]1COc1cccc(OC)c1)C(=O)Nc1cccc(Cl)c1. The maximum absolute atomic E-state index is 13.7. The number of urea groups is 1. The van der Waals surface area contributed by atoms with Gasteiger partial charge in [-0.2, -0.15) is 0 Å². The second-order valence-corrected chi connectivity index (χ2v) is 10.4. The number of hydrogen-bond donors (Lipinski definition) is 1. The van der Waals surface area contributed by atoms with Crippen molar-refractivity contribution in [1.29, 1.82) is 0 Å². The smallest absolute Gasteiger partial charge is 0.322 e. The van der Waals surface area contributed by atoms with Crippen LogP contribution in [0.15, 0.2) is 60.0 Å². The van der Waals surface area contributed by atoms with Gasteiger partial charge in [-0.05, 0) is 67.1 Å². The van der Waals surface area contributed by atoms with Gasteiger partial charge in [0.15, 0.2) is 0 Å². The highest BCUT2D eigenvalue weighted by molar-refractivity contribution is 7.10. The van der Waals surface area contributed by atoms with Crippen molar-refractivity contribution in [2.45, 2.75) is 38.8 Å². The minimum absolute atomic E-state index is 0.0312. The second-order valence-electron chi connectivity index (χ2n) is 8.97. The quantitative estimate of drug-likeness (QED) is 0.348. The fraction of sp³-hybridized carbons (Fsp3) is 0.357. The topological polar surface area (TPSA) is 71.1 Å². The van der Waals surface area contributed by atoms with Crippen molar-refractivity contribution in [3.63, 3.8) is 0 Å². The maximum atomic E-state index is 13.7. The molecule has 37 heavy (non-hydrogen) atoms. The van der Waals surface area contributed by atoms with E-state index in [1.807, 2.05) is 43.0 Å². The molecule has 2 aromatic carbocycles. The van der Waals surface area contributed by atoms with Crippen molar-refractivity contribution >= 4 is 40.6 Å². The third kappa shape index (κ3) is 6.56. The zero-order chi connectivity index (χ0) is 26.4. The highest BCUT2D eigenvalue weighted by atomic mass is 35.5. The highest BCUT2D eigenvalue weighted by Crippen LogP contribution is 2.34. The number of ether oxygens (including phenoxy) is 2. The van der Waals surface area contributed by atoms with Gasteiger partial charge in [-0.1, -0.05) is 30.7 Å². The van der Waals surface area contributed by atoms with E-state index in [1.165, 1.54) is 4.88 Å². The number of anilines is 1. The molecule has 0 saturated carbocycles. The molecule has 1 aromatic heterocycles. The van der Waals surface area contributed by atoms with Crippen LogP contribution in [-0.4, -0.2) is 54.6 Å². The Bertz CT molecular complexity index is 1230. The molecular formula is C28H32ClN3O4S. The van der Waals surface area contributed by atoms with E-state index >= 15 is 0 Å². The molecule has 1 aliphatic heterocycles. The summed E-state index contributed by atoms with van der Waals surface area (Å²) in [7, 11) is 1.61. The molecule has 1 N–H and O–H groups in total. The van der Waals surface area contributed by atoms with E-state index in [4.69, 9.17) is 21.1 Å². The normalized spacial score (nSPS) is 15.5. The Morgan fingerprint density at radius 2 is 1.97 bits per heavy atom. The zero-order valence-corrected chi connectivity index (χ0v) is 22.8. The van der Waals surface area contributed by atoms with Crippen LogP contribution in [0.25, 0.3) is 0 Å². The number of benzene rings is 2. The molecule has 0 radical (unpaired) electrons. The van der Waals surface area contributed by atoms with Gasteiger partial charge in [0.2, 0.25) is 5.91 Å². The fourth-order valence-corrected chi connectivity index (χ4v) is 5.51. The monoisotopic (exact) mass is 541 g/mol. The van der Waals surface area contributed by atoms with Crippen molar-refractivity contribution in [3.05, 3.63) is 75.4 Å². The third-order valence-corrected chi connectivity index (χ3v) is 7.86. The minimum Gasteiger partial charge on any atom is -0.497 e. The molecule has 0 bridgehead atoms. The van der Waals surface area contributed by atoms with E-state index in [1.54, 1.807) is 47.6 Å². The van der Waals surface area contributed by atoms with Crippen LogP contribution in [0.4, 0.5) is 10.5 Å². The summed E-state index contributed by atoms with van der Waals surface area (Å²) in [6.45, 7) is 4.79. The summed E-state index contributed by atoms with van der Waals surface area (Å²) in [5.41, 5.74) is 1.69. The zero-order valence-electron chi connectivity index (χ0n) is 21.3. The maximum Gasteiger partial charge on any atom is 0.322 e. The molecule has 3 amide bonds. The number of rotatable bonds is 9. The Hall–Kier alpha value is -3.23. The first-order valence-electron chi connectivity index (χ1n) is 12.3. The Morgan fingerprint density at radius 1 is 1.19 bits per heavy atom. The lowest BCUT2D eigenvalue weighted by Crippen LogP contribution is -2.50. The Kier molecular flexibility index (Phi) is 8.95. The molecule has 0 fully saturated rings. The molecule has 0 spiro atoms. The molecular weight excluding hydrogens is 510 g/mol. The molecule has 1 aliphatic rings. The van der Waals surface area contributed by atoms with Gasteiger partial charge in [0.1, 0.15) is 24.7 Å². The van der Waals surface area contributed by atoms with Crippen molar-refractivity contribution in [2.24, 2.45) is 0 Å². The van der Waals surface area contributed by atoms with E-state index in [-0.39, 0.29) is 30.6 Å². The van der Waals surface area contributed by atoms with E-state index in [0.29, 0.717) is 41.8 Å². The first-order chi connectivity index (χ1) is 17.9. The number of thiophene rings is 1. The standard InChI is InChI=1S/C28H32ClN3O4S/c1-4-19(2)32(28(34)30-21-8-5-7-20(29)15-21)17-27(33)31-13-11-26-24(12-14-37-26)25(31)18-36-23-10-6-9-22(16-23)35-3/h5-10,12,14-16,19,25H,4,11,13,17-18H2,1-3H3,(H,30,34)/t19-,25+/m0/s1. The molecule has 4 rings (SSSR count). The fourth-order valence-electron chi connectivity index (χ4n) is 4.39. The summed E-state index contributed by atoms with van der Waals surface area (Å²) in [4.78, 5) is 31.6. The molecule has 9 heteroatoms. The van der Waals surface area contributed by atoms with Gasteiger partial charge in [-0.25, -0.2) is 4.79 Å². The number of amides is 3. The van der Waals surface area contributed by atoms with Gasteiger partial charge in [0.25, 0.3) is 0 Å². The van der Waals surface area contributed by atoms with Crippen LogP contribution in [0.1, 0.15) is 36.8 Å². The van der Waals surface area contributed by atoms with Crippen molar-refractivity contribution < 1.29 is 19.1 Å². The molecule has 0 saturated heterocycles. The van der Waals surface area contributed by atoms with Crippen LogP contribution >= 0.6 is 22.9 Å². The Labute approximate surface area is 226 Å². The molecule has 0 aliphatic carbocycles. The summed E-state index contributed by atoms with van der Waals surface area (Å²) in [6, 6.07) is 15.8. The predicted octanol–water partition coefficient (Wildman–Crippen LogP) is 6.25. The van der Waals surface area contributed by atoms with Gasteiger partial charge in [0.05, 0.1) is 13.2 Å². The van der Waals surface area contributed by atoms with Crippen LogP contribution in [0, 0.1) is 0 Å². The minimum atomic E-state index is -0.331. The predicted molar refractivity (Wildman–Crippen MR) is 148 cm³/mol. The number of methoxy groups -OCH3 is 1. The lowest BCUT2D eigenvalue weighted by atomic mass is 10.00. The van der Waals surface area contributed by atoms with Crippen molar-refractivity contribution in [1.82, 2.24) is 9.80 Å². The largest absolute Gasteiger partial charge is 0.497 e. The Morgan fingerprint density at radius 3 is 2.73 bits per heavy atom. The number of carbonyl (C=O) groups is 2. The summed E-state index contributed by atoms with van der Waals surface area (Å²) in [6.07, 6.45) is 1.50. The van der Waals surface area contributed by atoms with Gasteiger partial charge < -0.3 is 24.6 Å². The first-order valence-corrected chi connectivity index (χ1v) is 13.6. The highest BCUT2D eigenvalue weighted by Gasteiger charge is 2.34. The number of halogens is 1. The van der Waals surface area contributed by atoms with E-state index in [2.05, 4.69) is 16.8 Å². The van der Waals surface area contributed by atoms with Gasteiger partial charge in [0, 0.05) is 34.2 Å².